The number of anilines is 1. The molecular formula is C10H12Cl2N4S. The average Bonchev–Trinajstić information content (AvgIpc) is 2.71. The molecule has 17 heavy (non-hydrogen) atoms. The molecule has 0 atom stereocenters. The summed E-state index contributed by atoms with van der Waals surface area (Å²) in [5.74, 6) is 0. The largest absolute Gasteiger partial charge is 0.381 e. The van der Waals surface area contributed by atoms with Gasteiger partial charge in [-0.2, -0.15) is 8.75 Å². The molecule has 0 radical (unpaired) electrons. The van der Waals surface area contributed by atoms with Gasteiger partial charge in [0, 0.05) is 13.1 Å². The summed E-state index contributed by atoms with van der Waals surface area (Å²) < 4.78 is 8.38. The number of aromatic nitrogens is 2. The summed E-state index contributed by atoms with van der Waals surface area (Å²) in [4.78, 5) is 2.09. The lowest BCUT2D eigenvalue weighted by atomic mass is 10.2. The minimum absolute atomic E-state index is 0.539. The van der Waals surface area contributed by atoms with Crippen LogP contribution in [0.2, 0.25) is 10.0 Å². The summed E-state index contributed by atoms with van der Waals surface area (Å²) in [6.07, 6.45) is 0. The lowest BCUT2D eigenvalue weighted by molar-refractivity contribution is 0.425. The van der Waals surface area contributed by atoms with Crippen LogP contribution in [-0.4, -0.2) is 40.8 Å². The first kappa shape index (κ1) is 12.8. The number of nitrogens with zero attached hydrogens (tertiary/aromatic N) is 3. The van der Waals surface area contributed by atoms with Gasteiger partial charge in [0.1, 0.15) is 11.0 Å². The minimum atomic E-state index is 0.539. The van der Waals surface area contributed by atoms with Crippen LogP contribution in [0.3, 0.4) is 0 Å². The van der Waals surface area contributed by atoms with E-state index < -0.39 is 0 Å². The van der Waals surface area contributed by atoms with E-state index in [0.717, 1.165) is 36.0 Å². The van der Waals surface area contributed by atoms with Gasteiger partial charge >= 0.3 is 0 Å². The summed E-state index contributed by atoms with van der Waals surface area (Å²) in [5.41, 5.74) is 2.25. The number of rotatable bonds is 4. The Hall–Kier alpha value is -0.620. The third-order valence-electron chi connectivity index (χ3n) is 2.30. The lowest BCUT2D eigenvalue weighted by Gasteiger charge is -2.12. The Morgan fingerprint density at radius 1 is 1.24 bits per heavy atom. The second-order valence-corrected chi connectivity index (χ2v) is 5.25. The lowest BCUT2D eigenvalue weighted by Crippen LogP contribution is -2.21. The highest BCUT2D eigenvalue weighted by Crippen LogP contribution is 2.34. The molecule has 1 aromatic carbocycles. The summed E-state index contributed by atoms with van der Waals surface area (Å²) in [5, 5.41) is 4.39. The highest BCUT2D eigenvalue weighted by Gasteiger charge is 2.13. The molecule has 0 aliphatic carbocycles. The van der Waals surface area contributed by atoms with Crippen molar-refractivity contribution in [3.8, 4) is 0 Å². The molecule has 0 amide bonds. The third-order valence-corrected chi connectivity index (χ3v) is 3.42. The van der Waals surface area contributed by atoms with Crippen LogP contribution in [0, 0.1) is 0 Å². The normalized spacial score (nSPS) is 11.4. The van der Waals surface area contributed by atoms with Gasteiger partial charge in [0.2, 0.25) is 0 Å². The smallest absolute Gasteiger partial charge is 0.130 e. The summed E-state index contributed by atoms with van der Waals surface area (Å²) in [7, 11) is 4.04. The molecule has 7 heteroatoms. The molecule has 1 N–H and O–H groups in total. The fourth-order valence-electron chi connectivity index (χ4n) is 1.45. The van der Waals surface area contributed by atoms with Crippen molar-refractivity contribution in [1.29, 1.82) is 0 Å². The summed E-state index contributed by atoms with van der Waals surface area (Å²) in [6, 6.07) is 1.70. The number of benzene rings is 1. The van der Waals surface area contributed by atoms with Crippen molar-refractivity contribution in [2.75, 3.05) is 32.5 Å². The molecule has 92 valence electrons. The maximum Gasteiger partial charge on any atom is 0.130 e. The third kappa shape index (κ3) is 2.80. The standard InChI is InChI=1S/C10H12Cl2N4S/c1-16(2)4-3-13-8-6(11)5-7(12)9-10(8)15-17-14-9/h5,13H,3-4H2,1-2H3. The average molecular weight is 291 g/mol. The second kappa shape index (κ2) is 5.35. The Balaban J connectivity index is 2.29. The Bertz CT molecular complexity index is 526. The molecule has 0 fully saturated rings. The van der Waals surface area contributed by atoms with Gasteiger partial charge in [-0.3, -0.25) is 0 Å². The first-order chi connectivity index (χ1) is 8.09. The van der Waals surface area contributed by atoms with E-state index >= 15 is 0 Å². The van der Waals surface area contributed by atoms with E-state index in [4.69, 9.17) is 23.2 Å². The minimum Gasteiger partial charge on any atom is -0.381 e. The molecule has 0 bridgehead atoms. The molecule has 0 saturated heterocycles. The van der Waals surface area contributed by atoms with Crippen molar-refractivity contribution in [2.45, 2.75) is 0 Å². The molecule has 0 spiro atoms. The van der Waals surface area contributed by atoms with E-state index in [1.165, 1.54) is 0 Å². The molecule has 2 rings (SSSR count). The fourth-order valence-corrected chi connectivity index (χ4v) is 2.63. The second-order valence-electron chi connectivity index (χ2n) is 3.91. The highest BCUT2D eigenvalue weighted by molar-refractivity contribution is 7.00. The quantitative estimate of drug-likeness (QED) is 0.940. The van der Waals surface area contributed by atoms with Crippen LogP contribution >= 0.6 is 34.9 Å². The molecule has 2 aromatic rings. The fraction of sp³-hybridized carbons (Fsp3) is 0.400. The van der Waals surface area contributed by atoms with Gasteiger partial charge in [-0.15, -0.1) is 0 Å². The van der Waals surface area contributed by atoms with E-state index in [1.54, 1.807) is 6.07 Å². The van der Waals surface area contributed by atoms with Gasteiger partial charge in [-0.05, 0) is 20.2 Å². The first-order valence-corrected chi connectivity index (χ1v) is 6.57. The topological polar surface area (TPSA) is 41.0 Å². The molecule has 1 aromatic heterocycles. The van der Waals surface area contributed by atoms with E-state index in [2.05, 4.69) is 19.0 Å². The molecule has 0 aliphatic heterocycles. The molecule has 1 heterocycles. The molecule has 0 aliphatic rings. The maximum atomic E-state index is 6.16. The SMILES string of the molecule is CN(C)CCNc1c(Cl)cc(Cl)c2nsnc12. The van der Waals surface area contributed by atoms with E-state index in [-0.39, 0.29) is 0 Å². The van der Waals surface area contributed by atoms with Crippen molar-refractivity contribution >= 4 is 51.7 Å². The van der Waals surface area contributed by atoms with Crippen molar-refractivity contribution < 1.29 is 0 Å². The van der Waals surface area contributed by atoms with Gasteiger partial charge in [0.05, 0.1) is 27.5 Å². The van der Waals surface area contributed by atoms with Gasteiger partial charge in [-0.25, -0.2) is 0 Å². The Morgan fingerprint density at radius 3 is 2.65 bits per heavy atom. The van der Waals surface area contributed by atoms with E-state index in [9.17, 15) is 0 Å². The zero-order valence-corrected chi connectivity index (χ0v) is 11.8. The molecule has 0 unspecified atom stereocenters. The number of fused-ring (bicyclic) bond motifs is 1. The van der Waals surface area contributed by atoms with Crippen LogP contribution in [0.1, 0.15) is 0 Å². The van der Waals surface area contributed by atoms with Crippen LogP contribution in [0.4, 0.5) is 5.69 Å². The predicted octanol–water partition coefficient (Wildman–Crippen LogP) is 2.97. The monoisotopic (exact) mass is 290 g/mol. The highest BCUT2D eigenvalue weighted by atomic mass is 35.5. The molecule has 0 saturated carbocycles. The first-order valence-electron chi connectivity index (χ1n) is 5.08. The van der Waals surface area contributed by atoms with Gasteiger partial charge in [0.15, 0.2) is 0 Å². The molecule has 4 nitrogen and oxygen atoms in total. The van der Waals surface area contributed by atoms with Gasteiger partial charge < -0.3 is 10.2 Å². The number of hydrogen-bond acceptors (Lipinski definition) is 5. The zero-order valence-electron chi connectivity index (χ0n) is 9.50. The molecular weight excluding hydrogens is 279 g/mol. The van der Waals surface area contributed by atoms with Crippen LogP contribution in [-0.2, 0) is 0 Å². The Kier molecular flexibility index (Phi) is 4.04. The van der Waals surface area contributed by atoms with Crippen LogP contribution in [0.25, 0.3) is 11.0 Å². The number of hydrogen-bond donors (Lipinski definition) is 1. The summed E-state index contributed by atoms with van der Waals surface area (Å²) in [6.45, 7) is 1.71. The maximum absolute atomic E-state index is 6.16. The van der Waals surface area contributed by atoms with E-state index in [0.29, 0.717) is 15.6 Å². The van der Waals surface area contributed by atoms with Crippen molar-refractivity contribution in [2.24, 2.45) is 0 Å². The van der Waals surface area contributed by atoms with Crippen LogP contribution < -0.4 is 5.32 Å². The zero-order chi connectivity index (χ0) is 12.4. The van der Waals surface area contributed by atoms with Crippen LogP contribution in [0.5, 0.6) is 0 Å². The predicted molar refractivity (Wildman–Crippen MR) is 74.5 cm³/mol. The number of halogens is 2. The van der Waals surface area contributed by atoms with Crippen molar-refractivity contribution in [3.63, 3.8) is 0 Å². The summed E-state index contributed by atoms with van der Waals surface area (Å²) >= 11 is 13.3. The van der Waals surface area contributed by atoms with Gasteiger partial charge in [-0.1, -0.05) is 23.2 Å². The van der Waals surface area contributed by atoms with Crippen molar-refractivity contribution in [3.05, 3.63) is 16.1 Å². The van der Waals surface area contributed by atoms with Crippen molar-refractivity contribution in [1.82, 2.24) is 13.6 Å². The Labute approximate surface area is 114 Å². The number of likely N-dealkylation sites (N-methyl/N-ethyl adjacent to an activating group) is 1. The number of nitrogens with one attached hydrogen (secondary N) is 1. The van der Waals surface area contributed by atoms with Gasteiger partial charge in [0.25, 0.3) is 0 Å². The van der Waals surface area contributed by atoms with E-state index in [1.807, 2.05) is 14.1 Å². The van der Waals surface area contributed by atoms with Crippen LogP contribution in [0.15, 0.2) is 6.07 Å². The Morgan fingerprint density at radius 2 is 1.94 bits per heavy atom.